The number of hydrogen-bond acceptors (Lipinski definition) is 5. The number of aliphatic hydroxyl groups excluding tert-OH is 1. The van der Waals surface area contributed by atoms with Crippen molar-refractivity contribution in [2.75, 3.05) is 13.2 Å². The molecule has 1 aliphatic heterocycles. The average Bonchev–Trinajstić information content (AvgIpc) is 2.60. The lowest BCUT2D eigenvalue weighted by molar-refractivity contribution is 0.0282. The third kappa shape index (κ3) is 5.57. The predicted molar refractivity (Wildman–Crippen MR) is 102 cm³/mol. The molecule has 6 heteroatoms. The largest absolute Gasteiger partial charge is 0.462 e. The number of esters is 1. The fraction of sp³-hybridized carbons (Fsp3) is 0.524. The smallest absolute Gasteiger partial charge is 0.414 e. The van der Waals surface area contributed by atoms with E-state index in [0.717, 1.165) is 5.57 Å². The summed E-state index contributed by atoms with van der Waals surface area (Å²) in [4.78, 5) is 25.7. The molecule has 148 valence electrons. The van der Waals surface area contributed by atoms with Gasteiger partial charge in [-0.05, 0) is 58.7 Å². The van der Waals surface area contributed by atoms with E-state index in [2.05, 4.69) is 0 Å². The van der Waals surface area contributed by atoms with Crippen LogP contribution in [0.25, 0.3) is 0 Å². The number of carbonyl (C=O) groups excluding carboxylic acids is 2. The zero-order chi connectivity index (χ0) is 20.2. The van der Waals surface area contributed by atoms with E-state index >= 15 is 0 Å². The zero-order valence-electron chi connectivity index (χ0n) is 16.7. The highest BCUT2D eigenvalue weighted by Gasteiger charge is 2.30. The van der Waals surface area contributed by atoms with Crippen LogP contribution in [-0.2, 0) is 9.47 Å². The van der Waals surface area contributed by atoms with Gasteiger partial charge in [-0.2, -0.15) is 0 Å². The standard InChI is InChI=1S/C21H29NO5/c1-6-26-19(24)16-9-7-8-15(12-16)18(23)17-10-11-22(13-14(17)2)20(25)27-21(3,4)5/h7-9,12-13,17-18,23H,6,10-11H2,1-5H3. The molecule has 6 nitrogen and oxygen atoms in total. The summed E-state index contributed by atoms with van der Waals surface area (Å²) in [6, 6.07) is 6.86. The molecule has 0 fully saturated rings. The fourth-order valence-electron chi connectivity index (χ4n) is 3.08. The molecule has 0 spiro atoms. The van der Waals surface area contributed by atoms with Gasteiger partial charge in [0.05, 0.1) is 18.3 Å². The van der Waals surface area contributed by atoms with Gasteiger partial charge in [0.15, 0.2) is 0 Å². The molecule has 1 heterocycles. The molecule has 2 unspecified atom stereocenters. The van der Waals surface area contributed by atoms with Crippen molar-refractivity contribution in [1.82, 2.24) is 4.90 Å². The summed E-state index contributed by atoms with van der Waals surface area (Å²) in [5, 5.41) is 10.8. The van der Waals surface area contributed by atoms with E-state index in [4.69, 9.17) is 9.47 Å². The third-order valence-corrected chi connectivity index (χ3v) is 4.37. The van der Waals surface area contributed by atoms with Crippen molar-refractivity contribution >= 4 is 12.1 Å². The maximum absolute atomic E-state index is 12.2. The van der Waals surface area contributed by atoms with Crippen LogP contribution in [0.2, 0.25) is 0 Å². The van der Waals surface area contributed by atoms with Crippen molar-refractivity contribution in [3.8, 4) is 0 Å². The molecule has 1 aromatic rings. The van der Waals surface area contributed by atoms with Crippen LogP contribution < -0.4 is 0 Å². The number of benzene rings is 1. The first kappa shape index (κ1) is 21.0. The Hall–Kier alpha value is -2.34. The van der Waals surface area contributed by atoms with E-state index in [-0.39, 0.29) is 12.0 Å². The van der Waals surface area contributed by atoms with Crippen LogP contribution in [0.5, 0.6) is 0 Å². The van der Waals surface area contributed by atoms with Crippen LogP contribution in [0, 0.1) is 5.92 Å². The van der Waals surface area contributed by atoms with Crippen LogP contribution >= 0.6 is 0 Å². The van der Waals surface area contributed by atoms with Gasteiger partial charge in [0.25, 0.3) is 0 Å². The Morgan fingerprint density at radius 1 is 1.33 bits per heavy atom. The molecule has 0 aromatic heterocycles. The summed E-state index contributed by atoms with van der Waals surface area (Å²) in [5.41, 5.74) is 1.41. The summed E-state index contributed by atoms with van der Waals surface area (Å²) < 4.78 is 10.4. The quantitative estimate of drug-likeness (QED) is 0.803. The van der Waals surface area contributed by atoms with Gasteiger partial charge < -0.3 is 14.6 Å². The molecular weight excluding hydrogens is 346 g/mol. The first-order valence-corrected chi connectivity index (χ1v) is 9.25. The van der Waals surface area contributed by atoms with Gasteiger partial charge in [-0.15, -0.1) is 0 Å². The molecule has 0 saturated carbocycles. The Morgan fingerprint density at radius 3 is 2.63 bits per heavy atom. The van der Waals surface area contributed by atoms with Gasteiger partial charge in [0, 0.05) is 18.7 Å². The number of carbonyl (C=O) groups is 2. The third-order valence-electron chi connectivity index (χ3n) is 4.37. The highest BCUT2D eigenvalue weighted by atomic mass is 16.6. The second-order valence-corrected chi connectivity index (χ2v) is 7.73. The van der Waals surface area contributed by atoms with Gasteiger partial charge in [-0.1, -0.05) is 17.7 Å². The molecule has 2 atom stereocenters. The molecule has 27 heavy (non-hydrogen) atoms. The molecule has 2 rings (SSSR count). The maximum atomic E-state index is 12.2. The van der Waals surface area contributed by atoms with Crippen molar-refractivity contribution in [2.45, 2.75) is 52.7 Å². The lowest BCUT2D eigenvalue weighted by Crippen LogP contribution is -2.38. The predicted octanol–water partition coefficient (Wildman–Crippen LogP) is 4.06. The number of nitrogens with zero attached hydrogens (tertiary/aromatic N) is 1. The molecule has 0 bridgehead atoms. The zero-order valence-corrected chi connectivity index (χ0v) is 16.7. The molecule has 1 aliphatic rings. The lowest BCUT2D eigenvalue weighted by Gasteiger charge is -2.33. The van der Waals surface area contributed by atoms with Crippen molar-refractivity contribution in [2.24, 2.45) is 5.92 Å². The molecule has 1 N–H and O–H groups in total. The fourth-order valence-corrected chi connectivity index (χ4v) is 3.08. The van der Waals surface area contributed by atoms with Crippen molar-refractivity contribution < 1.29 is 24.2 Å². The van der Waals surface area contributed by atoms with Gasteiger partial charge in [0.2, 0.25) is 0 Å². The molecule has 0 radical (unpaired) electrons. The number of amides is 1. The molecule has 0 saturated heterocycles. The molecular formula is C21H29NO5. The first-order chi connectivity index (χ1) is 12.6. The molecule has 0 aliphatic carbocycles. The van der Waals surface area contributed by atoms with Crippen molar-refractivity contribution in [3.63, 3.8) is 0 Å². The normalized spacial score (nSPS) is 18.5. The molecule has 1 amide bonds. The number of rotatable bonds is 4. The lowest BCUT2D eigenvalue weighted by atomic mass is 9.85. The van der Waals surface area contributed by atoms with Crippen LogP contribution in [0.15, 0.2) is 36.0 Å². The number of ether oxygens (including phenoxy) is 2. The van der Waals surface area contributed by atoms with Crippen molar-refractivity contribution in [1.29, 1.82) is 0 Å². The number of hydrogen-bond donors (Lipinski definition) is 1. The summed E-state index contributed by atoms with van der Waals surface area (Å²) in [5.74, 6) is -0.542. The molecule has 1 aromatic carbocycles. The average molecular weight is 375 g/mol. The summed E-state index contributed by atoms with van der Waals surface area (Å²) in [6.45, 7) is 9.89. The second-order valence-electron chi connectivity index (χ2n) is 7.73. The van der Waals surface area contributed by atoms with E-state index in [1.165, 1.54) is 0 Å². The van der Waals surface area contributed by atoms with Crippen LogP contribution in [0.4, 0.5) is 4.79 Å². The van der Waals surface area contributed by atoms with Gasteiger partial charge >= 0.3 is 12.1 Å². The highest BCUT2D eigenvalue weighted by molar-refractivity contribution is 5.89. The van der Waals surface area contributed by atoms with Crippen LogP contribution in [-0.4, -0.2) is 40.8 Å². The van der Waals surface area contributed by atoms with E-state index in [1.54, 1.807) is 42.3 Å². The summed E-state index contributed by atoms with van der Waals surface area (Å²) >= 11 is 0. The Labute approximate surface area is 160 Å². The van der Waals surface area contributed by atoms with Crippen molar-refractivity contribution in [3.05, 3.63) is 47.2 Å². The van der Waals surface area contributed by atoms with Gasteiger partial charge in [-0.3, -0.25) is 4.90 Å². The number of aliphatic hydroxyl groups is 1. The van der Waals surface area contributed by atoms with Crippen LogP contribution in [0.3, 0.4) is 0 Å². The first-order valence-electron chi connectivity index (χ1n) is 9.25. The Morgan fingerprint density at radius 2 is 2.04 bits per heavy atom. The minimum atomic E-state index is -0.767. The SMILES string of the molecule is CCOC(=O)c1cccc(C(O)C2CCN(C(=O)OC(C)(C)C)C=C2C)c1. The Bertz CT molecular complexity index is 720. The minimum Gasteiger partial charge on any atom is -0.462 e. The summed E-state index contributed by atoms with van der Waals surface area (Å²) in [6.07, 6.45) is 1.18. The van der Waals surface area contributed by atoms with E-state index in [0.29, 0.717) is 30.7 Å². The Balaban J connectivity index is 2.13. The van der Waals surface area contributed by atoms with Crippen LogP contribution in [0.1, 0.15) is 63.1 Å². The second kappa shape index (κ2) is 8.57. The van der Waals surface area contributed by atoms with Gasteiger partial charge in [0.1, 0.15) is 5.60 Å². The highest BCUT2D eigenvalue weighted by Crippen LogP contribution is 2.34. The minimum absolute atomic E-state index is 0.138. The van der Waals surface area contributed by atoms with E-state index in [9.17, 15) is 14.7 Å². The van der Waals surface area contributed by atoms with E-state index in [1.807, 2.05) is 27.7 Å². The monoisotopic (exact) mass is 375 g/mol. The summed E-state index contributed by atoms with van der Waals surface area (Å²) in [7, 11) is 0. The van der Waals surface area contributed by atoms with Gasteiger partial charge in [-0.25, -0.2) is 9.59 Å². The topological polar surface area (TPSA) is 76.1 Å². The van der Waals surface area contributed by atoms with E-state index < -0.39 is 17.7 Å². The Kier molecular flexibility index (Phi) is 6.65. The maximum Gasteiger partial charge on any atom is 0.414 e.